The van der Waals surface area contributed by atoms with Crippen LogP contribution in [0.25, 0.3) is 0 Å². The average molecular weight is 262 g/mol. The van der Waals surface area contributed by atoms with E-state index in [0.717, 1.165) is 5.56 Å². The van der Waals surface area contributed by atoms with E-state index in [1.165, 1.54) is 4.90 Å². The van der Waals surface area contributed by atoms with Crippen molar-refractivity contribution in [1.29, 1.82) is 0 Å². The van der Waals surface area contributed by atoms with E-state index in [1.807, 2.05) is 37.3 Å². The Labute approximate surface area is 112 Å². The van der Waals surface area contributed by atoms with E-state index >= 15 is 0 Å². The molecule has 0 saturated carbocycles. The summed E-state index contributed by atoms with van der Waals surface area (Å²) >= 11 is 0. The van der Waals surface area contributed by atoms with Crippen LogP contribution >= 0.6 is 0 Å². The fourth-order valence-electron chi connectivity index (χ4n) is 2.25. The number of carbonyl (C=O) groups excluding carboxylic acids is 2. The largest absolute Gasteiger partial charge is 0.394 e. The van der Waals surface area contributed by atoms with Gasteiger partial charge < -0.3 is 15.3 Å². The molecular formula is C14H18N2O3. The zero-order valence-corrected chi connectivity index (χ0v) is 10.9. The third kappa shape index (κ3) is 2.76. The molecule has 0 radical (unpaired) electrons. The molecule has 0 bridgehead atoms. The van der Waals surface area contributed by atoms with Gasteiger partial charge in [-0.2, -0.15) is 0 Å². The minimum atomic E-state index is -0.796. The normalized spacial score (nSPS) is 23.4. The summed E-state index contributed by atoms with van der Waals surface area (Å²) in [5.74, 6) is -0.421. The van der Waals surface area contributed by atoms with Crippen molar-refractivity contribution in [3.05, 3.63) is 35.9 Å². The molecule has 1 aromatic rings. The molecular weight excluding hydrogens is 244 g/mol. The first-order valence-corrected chi connectivity index (χ1v) is 6.43. The standard InChI is InChI=1S/C14H18N2O3/c1-2-11-14(19)16(12(9-17)13(18)15-11)8-10-6-4-3-5-7-10/h3-7,11-12,17H,2,8-9H2,1H3,(H,15,18). The summed E-state index contributed by atoms with van der Waals surface area (Å²) in [5, 5.41) is 12.0. The molecule has 5 heteroatoms. The van der Waals surface area contributed by atoms with Gasteiger partial charge in [-0.1, -0.05) is 37.3 Å². The molecule has 2 rings (SSSR count). The van der Waals surface area contributed by atoms with Crippen LogP contribution in [0.5, 0.6) is 0 Å². The van der Waals surface area contributed by atoms with Gasteiger partial charge in [0.1, 0.15) is 12.1 Å². The first kappa shape index (κ1) is 13.5. The van der Waals surface area contributed by atoms with Crippen LogP contribution in [-0.4, -0.2) is 40.5 Å². The van der Waals surface area contributed by atoms with Crippen molar-refractivity contribution in [3.8, 4) is 0 Å². The van der Waals surface area contributed by atoms with Crippen LogP contribution in [0, 0.1) is 0 Å². The maximum absolute atomic E-state index is 12.3. The zero-order chi connectivity index (χ0) is 13.8. The lowest BCUT2D eigenvalue weighted by atomic mass is 10.0. The third-order valence-electron chi connectivity index (χ3n) is 3.35. The first-order chi connectivity index (χ1) is 9.17. The Kier molecular flexibility index (Phi) is 4.16. The number of nitrogens with zero attached hydrogens (tertiary/aromatic N) is 1. The number of hydrogen-bond acceptors (Lipinski definition) is 3. The topological polar surface area (TPSA) is 69.6 Å². The van der Waals surface area contributed by atoms with Crippen molar-refractivity contribution >= 4 is 11.8 Å². The second kappa shape index (κ2) is 5.84. The fraction of sp³-hybridized carbons (Fsp3) is 0.429. The Bertz CT molecular complexity index is 461. The summed E-state index contributed by atoms with van der Waals surface area (Å²) in [7, 11) is 0. The fourth-order valence-corrected chi connectivity index (χ4v) is 2.25. The Morgan fingerprint density at radius 1 is 1.26 bits per heavy atom. The maximum Gasteiger partial charge on any atom is 0.246 e. The van der Waals surface area contributed by atoms with Crippen LogP contribution in [0.15, 0.2) is 30.3 Å². The molecule has 19 heavy (non-hydrogen) atoms. The molecule has 2 atom stereocenters. The first-order valence-electron chi connectivity index (χ1n) is 6.43. The van der Waals surface area contributed by atoms with Crippen molar-refractivity contribution in [1.82, 2.24) is 10.2 Å². The lowest BCUT2D eigenvalue weighted by Crippen LogP contribution is -2.63. The number of hydrogen-bond donors (Lipinski definition) is 2. The van der Waals surface area contributed by atoms with Gasteiger partial charge in [0, 0.05) is 6.54 Å². The van der Waals surface area contributed by atoms with E-state index in [0.29, 0.717) is 13.0 Å². The smallest absolute Gasteiger partial charge is 0.246 e. The zero-order valence-electron chi connectivity index (χ0n) is 10.9. The summed E-state index contributed by atoms with van der Waals surface area (Å²) < 4.78 is 0. The molecule has 1 heterocycles. The van der Waals surface area contributed by atoms with Crippen LogP contribution in [0.1, 0.15) is 18.9 Å². The Morgan fingerprint density at radius 2 is 1.95 bits per heavy atom. The molecule has 0 aromatic heterocycles. The number of nitrogens with one attached hydrogen (secondary N) is 1. The molecule has 2 amide bonds. The lowest BCUT2D eigenvalue weighted by molar-refractivity contribution is -0.151. The molecule has 2 unspecified atom stereocenters. The molecule has 2 N–H and O–H groups in total. The van der Waals surface area contributed by atoms with Crippen LogP contribution in [0.2, 0.25) is 0 Å². The summed E-state index contributed by atoms with van der Waals surface area (Å²) in [6.07, 6.45) is 0.550. The van der Waals surface area contributed by atoms with Gasteiger partial charge in [0.15, 0.2) is 0 Å². The predicted molar refractivity (Wildman–Crippen MR) is 70.1 cm³/mol. The Hall–Kier alpha value is -1.88. The molecule has 0 spiro atoms. The van der Waals surface area contributed by atoms with Gasteiger partial charge in [0.05, 0.1) is 6.61 Å². The highest BCUT2D eigenvalue weighted by molar-refractivity contribution is 5.97. The summed E-state index contributed by atoms with van der Waals surface area (Å²) in [6.45, 7) is 1.83. The van der Waals surface area contributed by atoms with E-state index < -0.39 is 12.1 Å². The Balaban J connectivity index is 2.22. The van der Waals surface area contributed by atoms with Gasteiger partial charge in [0.25, 0.3) is 0 Å². The molecule has 1 saturated heterocycles. The van der Waals surface area contributed by atoms with Crippen LogP contribution in [0.3, 0.4) is 0 Å². The number of amides is 2. The monoisotopic (exact) mass is 262 g/mol. The summed E-state index contributed by atoms with van der Waals surface area (Å²) in [4.78, 5) is 25.6. The van der Waals surface area contributed by atoms with E-state index in [9.17, 15) is 14.7 Å². The number of carbonyl (C=O) groups is 2. The minimum absolute atomic E-state index is 0.134. The van der Waals surface area contributed by atoms with Crippen LogP contribution < -0.4 is 5.32 Å². The van der Waals surface area contributed by atoms with Gasteiger partial charge >= 0.3 is 0 Å². The highest BCUT2D eigenvalue weighted by atomic mass is 16.3. The quantitative estimate of drug-likeness (QED) is 0.819. The van der Waals surface area contributed by atoms with Crippen molar-refractivity contribution in [3.63, 3.8) is 0 Å². The van der Waals surface area contributed by atoms with Crippen molar-refractivity contribution in [2.24, 2.45) is 0 Å². The second-order valence-corrected chi connectivity index (χ2v) is 4.62. The minimum Gasteiger partial charge on any atom is -0.394 e. The molecule has 5 nitrogen and oxygen atoms in total. The number of aliphatic hydroxyl groups excluding tert-OH is 1. The summed E-state index contributed by atoms with van der Waals surface area (Å²) in [6, 6.07) is 8.18. The van der Waals surface area contributed by atoms with Gasteiger partial charge in [-0.3, -0.25) is 9.59 Å². The van der Waals surface area contributed by atoms with Gasteiger partial charge in [-0.25, -0.2) is 0 Å². The number of benzene rings is 1. The van der Waals surface area contributed by atoms with E-state index in [4.69, 9.17) is 0 Å². The van der Waals surface area contributed by atoms with Gasteiger partial charge in [-0.15, -0.1) is 0 Å². The molecule has 1 aromatic carbocycles. The van der Waals surface area contributed by atoms with E-state index in [-0.39, 0.29) is 18.4 Å². The average Bonchev–Trinajstić information content (AvgIpc) is 2.44. The van der Waals surface area contributed by atoms with Crippen molar-refractivity contribution in [2.45, 2.75) is 32.0 Å². The van der Waals surface area contributed by atoms with Crippen LogP contribution in [0.4, 0.5) is 0 Å². The van der Waals surface area contributed by atoms with Crippen molar-refractivity contribution in [2.75, 3.05) is 6.61 Å². The van der Waals surface area contributed by atoms with E-state index in [1.54, 1.807) is 0 Å². The second-order valence-electron chi connectivity index (χ2n) is 4.62. The van der Waals surface area contributed by atoms with Crippen molar-refractivity contribution < 1.29 is 14.7 Å². The maximum atomic E-state index is 12.3. The lowest BCUT2D eigenvalue weighted by Gasteiger charge is -2.38. The summed E-state index contributed by atoms with van der Waals surface area (Å²) in [5.41, 5.74) is 0.943. The van der Waals surface area contributed by atoms with Crippen LogP contribution in [-0.2, 0) is 16.1 Å². The molecule has 1 aliphatic heterocycles. The molecule has 1 fully saturated rings. The number of aliphatic hydroxyl groups is 1. The number of rotatable bonds is 4. The van der Waals surface area contributed by atoms with E-state index in [2.05, 4.69) is 5.32 Å². The highest BCUT2D eigenvalue weighted by Gasteiger charge is 2.39. The number of piperazine rings is 1. The molecule has 102 valence electrons. The molecule has 1 aliphatic rings. The SMILES string of the molecule is CCC1NC(=O)C(CO)N(Cc2ccccc2)C1=O. The third-order valence-corrected chi connectivity index (χ3v) is 3.35. The molecule has 0 aliphatic carbocycles. The Morgan fingerprint density at radius 3 is 2.53 bits per heavy atom. The highest BCUT2D eigenvalue weighted by Crippen LogP contribution is 2.16. The van der Waals surface area contributed by atoms with Gasteiger partial charge in [0.2, 0.25) is 11.8 Å². The predicted octanol–water partition coefficient (Wildman–Crippen LogP) is 0.284. The van der Waals surface area contributed by atoms with Gasteiger partial charge in [-0.05, 0) is 12.0 Å².